The molecule has 0 saturated heterocycles. The number of ether oxygens (including phenoxy) is 1. The van der Waals surface area contributed by atoms with Gasteiger partial charge in [0.2, 0.25) is 5.91 Å². The Bertz CT molecular complexity index is 607. The second-order valence-electron chi connectivity index (χ2n) is 7.22. The van der Waals surface area contributed by atoms with Gasteiger partial charge in [-0.15, -0.1) is 0 Å². The molecular weight excluding hydrogens is 326 g/mol. The van der Waals surface area contributed by atoms with Crippen molar-refractivity contribution in [2.45, 2.75) is 66.0 Å². The lowest BCUT2D eigenvalue weighted by atomic mass is 10.1. The van der Waals surface area contributed by atoms with Crippen molar-refractivity contribution in [1.82, 2.24) is 9.88 Å². The zero-order valence-electron chi connectivity index (χ0n) is 15.1. The Morgan fingerprint density at radius 2 is 2.12 bits per heavy atom. The zero-order chi connectivity index (χ0) is 17.9. The Morgan fingerprint density at radius 3 is 2.75 bits per heavy atom. The third kappa shape index (κ3) is 4.93. The van der Waals surface area contributed by atoms with E-state index < -0.39 is 5.60 Å². The van der Waals surface area contributed by atoms with Gasteiger partial charge in [-0.05, 0) is 27.2 Å². The third-order valence-corrected chi connectivity index (χ3v) is 4.78. The molecule has 0 aromatic carbocycles. The fraction of sp³-hybridized carbons (Fsp3) is 0.706. The van der Waals surface area contributed by atoms with Gasteiger partial charge in [0.05, 0.1) is 12.2 Å². The quantitative estimate of drug-likeness (QED) is 0.893. The summed E-state index contributed by atoms with van der Waals surface area (Å²) in [6.45, 7) is 10.6. The summed E-state index contributed by atoms with van der Waals surface area (Å²) in [5.41, 5.74) is 0.470. The van der Waals surface area contributed by atoms with Crippen LogP contribution >= 0.6 is 11.3 Å². The second kappa shape index (κ2) is 7.51. The minimum absolute atomic E-state index is 0.00643. The lowest BCUT2D eigenvalue weighted by molar-refractivity contribution is -0.119. The van der Waals surface area contributed by atoms with Crippen molar-refractivity contribution >= 4 is 28.5 Å². The van der Waals surface area contributed by atoms with Crippen molar-refractivity contribution in [2.24, 2.45) is 5.92 Å². The Balaban J connectivity index is 1.99. The van der Waals surface area contributed by atoms with Gasteiger partial charge in [0.25, 0.3) is 0 Å². The predicted octanol–water partition coefficient (Wildman–Crippen LogP) is 3.81. The monoisotopic (exact) mass is 353 g/mol. The number of nitrogens with one attached hydrogen (secondary N) is 1. The molecule has 0 saturated carbocycles. The van der Waals surface area contributed by atoms with E-state index in [4.69, 9.17) is 4.74 Å². The van der Waals surface area contributed by atoms with Crippen LogP contribution in [0.1, 0.15) is 58.0 Å². The number of carbonyl (C=O) groups is 2. The number of fused-ring (bicyclic) bond motifs is 1. The molecule has 0 radical (unpaired) electrons. The fourth-order valence-corrected chi connectivity index (χ4v) is 3.55. The molecule has 1 aromatic heterocycles. The van der Waals surface area contributed by atoms with Crippen LogP contribution in [0.2, 0.25) is 0 Å². The van der Waals surface area contributed by atoms with Crippen LogP contribution in [0.3, 0.4) is 0 Å². The Kier molecular flexibility index (Phi) is 5.85. The SMILES string of the molecule is CCCC(C)C(=O)Nc1nc2c(s1)CN(C(=O)OC(C)(C)C)CC2. The van der Waals surface area contributed by atoms with Gasteiger partial charge < -0.3 is 15.0 Å². The molecule has 2 amide bonds. The maximum atomic E-state index is 12.2. The van der Waals surface area contributed by atoms with E-state index in [-0.39, 0.29) is 17.9 Å². The maximum absolute atomic E-state index is 12.2. The molecule has 1 aliphatic rings. The zero-order valence-corrected chi connectivity index (χ0v) is 16.0. The normalized spacial score (nSPS) is 15.6. The lowest BCUT2D eigenvalue weighted by Gasteiger charge is -2.29. The molecule has 0 aliphatic carbocycles. The molecule has 7 heteroatoms. The number of rotatable bonds is 4. The fourth-order valence-electron chi connectivity index (χ4n) is 2.52. The van der Waals surface area contributed by atoms with Gasteiger partial charge in [-0.3, -0.25) is 4.79 Å². The number of nitrogens with zero attached hydrogens (tertiary/aromatic N) is 2. The summed E-state index contributed by atoms with van der Waals surface area (Å²) in [6.07, 6.45) is 2.23. The summed E-state index contributed by atoms with van der Waals surface area (Å²) in [7, 11) is 0. The van der Waals surface area contributed by atoms with Crippen LogP contribution in [0.5, 0.6) is 0 Å². The molecule has 0 bridgehead atoms. The van der Waals surface area contributed by atoms with Gasteiger partial charge in [0, 0.05) is 23.8 Å². The van der Waals surface area contributed by atoms with Crippen LogP contribution < -0.4 is 5.32 Å². The molecule has 24 heavy (non-hydrogen) atoms. The summed E-state index contributed by atoms with van der Waals surface area (Å²) in [5.74, 6) is -0.0128. The van der Waals surface area contributed by atoms with Gasteiger partial charge in [-0.25, -0.2) is 9.78 Å². The van der Waals surface area contributed by atoms with Crippen molar-refractivity contribution in [3.8, 4) is 0 Å². The van der Waals surface area contributed by atoms with E-state index in [9.17, 15) is 9.59 Å². The van der Waals surface area contributed by atoms with Crippen LogP contribution in [0.15, 0.2) is 0 Å². The summed E-state index contributed by atoms with van der Waals surface area (Å²) in [5, 5.41) is 3.52. The minimum atomic E-state index is -0.500. The first-order valence-corrected chi connectivity index (χ1v) is 9.28. The molecule has 1 N–H and O–H groups in total. The molecular formula is C17H27N3O3S. The maximum Gasteiger partial charge on any atom is 0.410 e. The largest absolute Gasteiger partial charge is 0.444 e. The first-order valence-electron chi connectivity index (χ1n) is 8.47. The molecule has 1 aromatic rings. The smallest absolute Gasteiger partial charge is 0.410 e. The molecule has 2 heterocycles. The van der Waals surface area contributed by atoms with E-state index in [1.165, 1.54) is 11.3 Å². The Hall–Kier alpha value is -1.63. The first kappa shape index (κ1) is 18.7. The number of hydrogen-bond acceptors (Lipinski definition) is 5. The molecule has 6 nitrogen and oxygen atoms in total. The molecule has 0 fully saturated rings. The highest BCUT2D eigenvalue weighted by atomic mass is 32.1. The van der Waals surface area contributed by atoms with E-state index >= 15 is 0 Å². The second-order valence-corrected chi connectivity index (χ2v) is 8.30. The van der Waals surface area contributed by atoms with Crippen molar-refractivity contribution in [3.05, 3.63) is 10.6 Å². The molecule has 1 atom stereocenters. The van der Waals surface area contributed by atoms with E-state index in [1.54, 1.807) is 4.90 Å². The van der Waals surface area contributed by atoms with E-state index in [0.717, 1.165) is 23.4 Å². The number of anilines is 1. The van der Waals surface area contributed by atoms with Crippen LogP contribution in [-0.4, -0.2) is 34.0 Å². The summed E-state index contributed by atoms with van der Waals surface area (Å²) in [6, 6.07) is 0. The highest BCUT2D eigenvalue weighted by molar-refractivity contribution is 7.15. The summed E-state index contributed by atoms with van der Waals surface area (Å²) >= 11 is 1.45. The van der Waals surface area contributed by atoms with Crippen molar-refractivity contribution < 1.29 is 14.3 Å². The van der Waals surface area contributed by atoms with Crippen LogP contribution in [0.25, 0.3) is 0 Å². The van der Waals surface area contributed by atoms with Gasteiger partial charge in [0.1, 0.15) is 5.60 Å². The third-order valence-electron chi connectivity index (χ3n) is 3.78. The minimum Gasteiger partial charge on any atom is -0.444 e. The van der Waals surface area contributed by atoms with Crippen molar-refractivity contribution in [2.75, 3.05) is 11.9 Å². The van der Waals surface area contributed by atoms with Gasteiger partial charge >= 0.3 is 6.09 Å². The van der Waals surface area contributed by atoms with Gasteiger partial charge in [-0.1, -0.05) is 31.6 Å². The standard InChI is InChI=1S/C17H27N3O3S/c1-6-7-11(2)14(21)19-15-18-12-8-9-20(10-13(12)24-15)16(22)23-17(3,4)5/h11H,6-10H2,1-5H3,(H,18,19,21). The van der Waals surface area contributed by atoms with Crippen LogP contribution in [-0.2, 0) is 22.5 Å². The first-order chi connectivity index (χ1) is 11.2. The number of aromatic nitrogens is 1. The molecule has 1 aliphatic heterocycles. The number of carbonyl (C=O) groups excluding carboxylic acids is 2. The predicted molar refractivity (Wildman–Crippen MR) is 95.2 cm³/mol. The number of thiazole rings is 1. The average Bonchev–Trinajstić information content (AvgIpc) is 2.86. The molecule has 134 valence electrons. The Labute approximate surface area is 147 Å². The van der Waals surface area contributed by atoms with Crippen LogP contribution in [0.4, 0.5) is 9.93 Å². The van der Waals surface area contributed by atoms with Crippen molar-refractivity contribution in [1.29, 1.82) is 0 Å². The lowest BCUT2D eigenvalue weighted by Crippen LogP contribution is -2.39. The van der Waals surface area contributed by atoms with Gasteiger partial charge in [0.15, 0.2) is 5.13 Å². The number of amides is 2. The average molecular weight is 353 g/mol. The van der Waals surface area contributed by atoms with E-state index in [1.807, 2.05) is 27.7 Å². The highest BCUT2D eigenvalue weighted by Crippen LogP contribution is 2.29. The highest BCUT2D eigenvalue weighted by Gasteiger charge is 2.28. The summed E-state index contributed by atoms with van der Waals surface area (Å²) < 4.78 is 5.42. The topological polar surface area (TPSA) is 71.5 Å². The van der Waals surface area contributed by atoms with Gasteiger partial charge in [-0.2, -0.15) is 0 Å². The number of hydrogen-bond donors (Lipinski definition) is 1. The van der Waals surface area contributed by atoms with E-state index in [0.29, 0.717) is 24.6 Å². The Morgan fingerprint density at radius 1 is 1.42 bits per heavy atom. The molecule has 1 unspecified atom stereocenters. The molecule has 0 spiro atoms. The van der Waals surface area contributed by atoms with Crippen molar-refractivity contribution in [3.63, 3.8) is 0 Å². The molecule has 2 rings (SSSR count). The summed E-state index contributed by atoms with van der Waals surface area (Å²) in [4.78, 5) is 31.5. The van der Waals surface area contributed by atoms with Crippen LogP contribution in [0, 0.1) is 5.92 Å². The van der Waals surface area contributed by atoms with E-state index in [2.05, 4.69) is 17.2 Å².